The predicted molar refractivity (Wildman–Crippen MR) is 111 cm³/mol. The van der Waals surface area contributed by atoms with Crippen molar-refractivity contribution in [3.8, 4) is 0 Å². The van der Waals surface area contributed by atoms with E-state index in [1.165, 1.54) is 24.0 Å². The number of aryl methyl sites for hydroxylation is 2. The first kappa shape index (κ1) is 18.9. The topological polar surface area (TPSA) is 3.24 Å². The Hall–Kier alpha value is -1.45. The molecule has 0 heterocycles. The minimum absolute atomic E-state index is 0.620. The third-order valence-electron chi connectivity index (χ3n) is 4.23. The Balaban J connectivity index is 1.61. The normalized spacial score (nSPS) is 10.5. The van der Waals surface area contributed by atoms with Crippen molar-refractivity contribution in [2.24, 2.45) is 0 Å². The summed E-state index contributed by atoms with van der Waals surface area (Å²) in [6, 6.07) is 21.3. The first-order chi connectivity index (χ1) is 11.8. The van der Waals surface area contributed by atoms with Crippen molar-refractivity contribution < 1.29 is 0 Å². The summed E-state index contributed by atoms with van der Waals surface area (Å²) in [6.07, 6.45) is 6.92. The van der Waals surface area contributed by atoms with Gasteiger partial charge in [0.15, 0.2) is 4.32 Å². The molecular formula is C21H26NS2. The van der Waals surface area contributed by atoms with Crippen LogP contribution in [0.15, 0.2) is 60.7 Å². The SMILES string of the molecule is [S]C(=S)N(CCCCc1ccccc1)CCCCc1ccccc1. The van der Waals surface area contributed by atoms with E-state index in [-0.39, 0.29) is 0 Å². The predicted octanol–water partition coefficient (Wildman–Crippen LogP) is 5.82. The Morgan fingerprint density at radius 2 is 1.08 bits per heavy atom. The minimum atomic E-state index is 0.620. The number of rotatable bonds is 10. The average molecular weight is 357 g/mol. The first-order valence-corrected chi connectivity index (χ1v) is 9.61. The Labute approximate surface area is 157 Å². The Bertz CT molecular complexity index is 536. The van der Waals surface area contributed by atoms with Gasteiger partial charge in [-0.2, -0.15) is 0 Å². The molecule has 0 aromatic heterocycles. The third-order valence-corrected chi connectivity index (χ3v) is 4.75. The monoisotopic (exact) mass is 356 g/mol. The zero-order valence-electron chi connectivity index (χ0n) is 14.2. The molecule has 2 aromatic carbocycles. The summed E-state index contributed by atoms with van der Waals surface area (Å²) in [5.74, 6) is 0. The van der Waals surface area contributed by atoms with Crippen LogP contribution in [0, 0.1) is 0 Å². The van der Waals surface area contributed by atoms with Gasteiger partial charge in [0.05, 0.1) is 0 Å². The second-order valence-corrected chi connectivity index (χ2v) is 7.17. The number of benzene rings is 2. The van der Waals surface area contributed by atoms with Crippen molar-refractivity contribution >= 4 is 29.2 Å². The van der Waals surface area contributed by atoms with Gasteiger partial charge in [-0.1, -0.05) is 60.7 Å². The fraction of sp³-hybridized carbons (Fsp3) is 0.381. The first-order valence-electron chi connectivity index (χ1n) is 8.79. The molecular weight excluding hydrogens is 330 g/mol. The number of nitrogens with zero attached hydrogens (tertiary/aromatic N) is 1. The molecule has 1 radical (unpaired) electrons. The molecule has 0 unspecified atom stereocenters. The highest BCUT2D eigenvalue weighted by molar-refractivity contribution is 8.10. The van der Waals surface area contributed by atoms with E-state index in [9.17, 15) is 0 Å². The van der Waals surface area contributed by atoms with Crippen molar-refractivity contribution in [2.75, 3.05) is 13.1 Å². The molecule has 0 amide bonds. The molecule has 0 N–H and O–H groups in total. The van der Waals surface area contributed by atoms with E-state index in [1.54, 1.807) is 0 Å². The second kappa shape index (κ2) is 11.2. The Morgan fingerprint density at radius 3 is 1.46 bits per heavy atom. The molecule has 0 fully saturated rings. The van der Waals surface area contributed by atoms with Crippen LogP contribution in [0.5, 0.6) is 0 Å². The maximum atomic E-state index is 5.24. The fourth-order valence-corrected chi connectivity index (χ4v) is 3.21. The van der Waals surface area contributed by atoms with Crippen molar-refractivity contribution in [3.05, 3.63) is 71.8 Å². The van der Waals surface area contributed by atoms with Gasteiger partial charge in [0.2, 0.25) is 0 Å². The molecule has 0 saturated carbocycles. The smallest absolute Gasteiger partial charge is 0.166 e. The van der Waals surface area contributed by atoms with Gasteiger partial charge in [-0.3, -0.25) is 0 Å². The van der Waals surface area contributed by atoms with Gasteiger partial charge in [-0.25, -0.2) is 0 Å². The van der Waals surface area contributed by atoms with Crippen LogP contribution in [0.3, 0.4) is 0 Å². The highest BCUT2D eigenvalue weighted by Gasteiger charge is 2.06. The standard InChI is InChI=1S/C21H26NS2/c23-21(24)22(17-9-7-15-19-11-3-1-4-12-19)18-10-8-16-20-13-5-2-6-14-20/h1-6,11-14H,7-10,15-18H2. The highest BCUT2D eigenvalue weighted by Crippen LogP contribution is 2.09. The molecule has 1 nitrogen and oxygen atoms in total. The molecule has 0 aliphatic rings. The summed E-state index contributed by atoms with van der Waals surface area (Å²) in [6.45, 7) is 1.97. The van der Waals surface area contributed by atoms with Crippen molar-refractivity contribution in [2.45, 2.75) is 38.5 Å². The van der Waals surface area contributed by atoms with E-state index in [0.29, 0.717) is 4.32 Å². The summed E-state index contributed by atoms with van der Waals surface area (Å²) in [4.78, 5) is 2.20. The summed E-state index contributed by atoms with van der Waals surface area (Å²) in [5, 5.41) is 0. The van der Waals surface area contributed by atoms with Gasteiger partial charge in [0.25, 0.3) is 0 Å². The summed E-state index contributed by atoms with van der Waals surface area (Å²) >= 11 is 10.5. The van der Waals surface area contributed by atoms with E-state index in [4.69, 9.17) is 24.8 Å². The van der Waals surface area contributed by atoms with E-state index < -0.39 is 0 Å². The third kappa shape index (κ3) is 7.41. The Kier molecular flexibility index (Phi) is 8.78. The van der Waals surface area contributed by atoms with Gasteiger partial charge < -0.3 is 4.90 Å². The van der Waals surface area contributed by atoms with Gasteiger partial charge >= 0.3 is 0 Å². The zero-order valence-corrected chi connectivity index (χ0v) is 15.8. The second-order valence-electron chi connectivity index (χ2n) is 6.14. The molecule has 0 bridgehead atoms. The van der Waals surface area contributed by atoms with Crippen molar-refractivity contribution in [3.63, 3.8) is 0 Å². The summed E-state index contributed by atoms with van der Waals surface area (Å²) in [7, 11) is 0. The summed E-state index contributed by atoms with van der Waals surface area (Å²) in [5.41, 5.74) is 2.82. The lowest BCUT2D eigenvalue weighted by Gasteiger charge is -2.22. The van der Waals surface area contributed by atoms with Gasteiger partial charge in [0.1, 0.15) is 0 Å². The van der Waals surface area contributed by atoms with Crippen LogP contribution in [0.4, 0.5) is 0 Å². The molecule has 0 aliphatic heterocycles. The molecule has 0 atom stereocenters. The molecule has 0 spiro atoms. The van der Waals surface area contributed by atoms with E-state index >= 15 is 0 Å². The van der Waals surface area contributed by atoms with Crippen LogP contribution in [0.2, 0.25) is 0 Å². The lowest BCUT2D eigenvalue weighted by atomic mass is 10.1. The number of hydrogen-bond donors (Lipinski definition) is 0. The number of unbranched alkanes of at least 4 members (excludes halogenated alkanes) is 2. The largest absolute Gasteiger partial charge is 0.354 e. The maximum absolute atomic E-state index is 5.24. The van der Waals surface area contributed by atoms with E-state index in [0.717, 1.165) is 38.8 Å². The lowest BCUT2D eigenvalue weighted by Crippen LogP contribution is -2.28. The minimum Gasteiger partial charge on any atom is -0.354 e. The van der Waals surface area contributed by atoms with Gasteiger partial charge in [-0.05, 0) is 74.5 Å². The molecule has 2 aromatic rings. The number of hydrogen-bond acceptors (Lipinski definition) is 1. The molecule has 0 aliphatic carbocycles. The van der Waals surface area contributed by atoms with Crippen LogP contribution in [0.1, 0.15) is 36.8 Å². The van der Waals surface area contributed by atoms with E-state index in [2.05, 4.69) is 65.6 Å². The van der Waals surface area contributed by atoms with Crippen LogP contribution < -0.4 is 0 Å². The van der Waals surface area contributed by atoms with Crippen LogP contribution >= 0.6 is 24.8 Å². The van der Waals surface area contributed by atoms with E-state index in [1.807, 2.05) is 0 Å². The van der Waals surface area contributed by atoms with Crippen LogP contribution in [0.25, 0.3) is 0 Å². The average Bonchev–Trinajstić information content (AvgIpc) is 2.62. The molecule has 3 heteroatoms. The fourth-order valence-electron chi connectivity index (χ4n) is 2.85. The quantitative estimate of drug-likeness (QED) is 0.390. The maximum Gasteiger partial charge on any atom is 0.166 e. The van der Waals surface area contributed by atoms with Gasteiger partial charge in [-0.15, -0.1) is 0 Å². The van der Waals surface area contributed by atoms with Crippen molar-refractivity contribution in [1.29, 1.82) is 0 Å². The number of thiocarbonyl (C=S) groups is 1. The molecule has 127 valence electrons. The van der Waals surface area contributed by atoms with Crippen LogP contribution in [-0.2, 0) is 12.8 Å². The van der Waals surface area contributed by atoms with Gasteiger partial charge in [0, 0.05) is 13.1 Å². The molecule has 24 heavy (non-hydrogen) atoms. The summed E-state index contributed by atoms with van der Waals surface area (Å²) < 4.78 is 0.620. The van der Waals surface area contributed by atoms with Crippen LogP contribution in [-0.4, -0.2) is 22.3 Å². The highest BCUT2D eigenvalue weighted by atomic mass is 32.1. The van der Waals surface area contributed by atoms with Crippen molar-refractivity contribution in [1.82, 2.24) is 4.90 Å². The lowest BCUT2D eigenvalue weighted by molar-refractivity contribution is 0.404. The molecule has 0 saturated heterocycles. The Morgan fingerprint density at radius 1 is 0.667 bits per heavy atom. The zero-order chi connectivity index (χ0) is 17.0. The molecule has 2 rings (SSSR count).